The molecule has 25 heavy (non-hydrogen) atoms. The first-order valence-corrected chi connectivity index (χ1v) is 9.85. The van der Waals surface area contributed by atoms with Gasteiger partial charge < -0.3 is 5.32 Å². The van der Waals surface area contributed by atoms with E-state index in [1.807, 2.05) is 0 Å². The molecule has 0 heterocycles. The Hall–Kier alpha value is -2.18. The summed E-state index contributed by atoms with van der Waals surface area (Å²) in [6, 6.07) is 5.46. The number of amides is 2. The first-order chi connectivity index (χ1) is 11.9. The maximum atomic E-state index is 12.3. The molecule has 1 aromatic rings. The number of rotatable bonds is 6. The van der Waals surface area contributed by atoms with E-state index in [-0.39, 0.29) is 10.9 Å². The molecule has 0 aromatic heterocycles. The minimum atomic E-state index is -3.91. The van der Waals surface area contributed by atoms with E-state index in [4.69, 9.17) is 0 Å². The molecule has 8 heteroatoms. The van der Waals surface area contributed by atoms with Crippen molar-refractivity contribution in [1.82, 2.24) is 10.0 Å². The first kappa shape index (κ1) is 19.1. The van der Waals surface area contributed by atoms with Gasteiger partial charge in [-0.25, -0.2) is 27.7 Å². The fraction of sp³-hybridized carbons (Fsp3) is 0.529. The molecule has 2 N–H and O–H groups in total. The molecule has 0 saturated heterocycles. The molecule has 2 amide bonds. The van der Waals surface area contributed by atoms with Gasteiger partial charge >= 0.3 is 6.03 Å². The number of isocyanates is 1. The maximum absolute atomic E-state index is 12.3. The lowest BCUT2D eigenvalue weighted by molar-refractivity contribution is 0.233. The molecule has 0 radical (unpaired) electrons. The van der Waals surface area contributed by atoms with Crippen molar-refractivity contribution >= 4 is 22.1 Å². The Balaban J connectivity index is 1.91. The number of hydrogen-bond donors (Lipinski definition) is 2. The highest BCUT2D eigenvalue weighted by molar-refractivity contribution is 7.90. The van der Waals surface area contributed by atoms with Gasteiger partial charge in [0.2, 0.25) is 6.08 Å². The van der Waals surface area contributed by atoms with Gasteiger partial charge in [-0.15, -0.1) is 0 Å². The van der Waals surface area contributed by atoms with E-state index >= 15 is 0 Å². The van der Waals surface area contributed by atoms with Crippen LogP contribution in [0.25, 0.3) is 0 Å². The molecule has 0 atom stereocenters. The van der Waals surface area contributed by atoms with Crippen molar-refractivity contribution in [2.45, 2.75) is 50.0 Å². The third-order valence-corrected chi connectivity index (χ3v) is 5.74. The summed E-state index contributed by atoms with van der Waals surface area (Å²) in [6.07, 6.45) is 5.78. The molecule has 1 saturated carbocycles. The lowest BCUT2D eigenvalue weighted by Gasteiger charge is -2.26. The van der Waals surface area contributed by atoms with E-state index in [2.05, 4.69) is 22.0 Å². The zero-order valence-corrected chi connectivity index (χ0v) is 15.0. The summed E-state index contributed by atoms with van der Waals surface area (Å²) in [5, 5.41) is 2.73. The second-order valence-corrected chi connectivity index (χ2v) is 8.09. The van der Waals surface area contributed by atoms with Gasteiger partial charge in [0, 0.05) is 6.04 Å². The van der Waals surface area contributed by atoms with Crippen LogP contribution in [0.3, 0.4) is 0 Å². The van der Waals surface area contributed by atoms with E-state index in [0.717, 1.165) is 31.2 Å². The molecule has 1 aliphatic rings. The predicted molar refractivity (Wildman–Crippen MR) is 93.4 cm³/mol. The predicted octanol–water partition coefficient (Wildman–Crippen LogP) is 2.13. The van der Waals surface area contributed by atoms with Crippen molar-refractivity contribution in [2.24, 2.45) is 10.9 Å². The van der Waals surface area contributed by atoms with Gasteiger partial charge in [-0.2, -0.15) is 0 Å². The third kappa shape index (κ3) is 5.99. The Kier molecular flexibility index (Phi) is 6.73. The average molecular weight is 365 g/mol. The Morgan fingerprint density at radius 1 is 1.20 bits per heavy atom. The Morgan fingerprint density at radius 3 is 2.44 bits per heavy atom. The quantitative estimate of drug-likeness (QED) is 0.595. The highest BCUT2D eigenvalue weighted by Gasteiger charge is 2.22. The zero-order valence-electron chi connectivity index (χ0n) is 14.2. The summed E-state index contributed by atoms with van der Waals surface area (Å²) in [7, 11) is -3.91. The maximum Gasteiger partial charge on any atom is 0.328 e. The third-order valence-electron chi connectivity index (χ3n) is 4.39. The molecular formula is C17H23N3O4S. The van der Waals surface area contributed by atoms with E-state index in [0.29, 0.717) is 18.9 Å². The number of sulfonamides is 1. The van der Waals surface area contributed by atoms with Gasteiger partial charge in [-0.1, -0.05) is 19.1 Å². The lowest BCUT2D eigenvalue weighted by Crippen LogP contribution is -2.45. The zero-order chi connectivity index (χ0) is 18.3. The van der Waals surface area contributed by atoms with Crippen LogP contribution in [0.15, 0.2) is 34.2 Å². The first-order valence-electron chi connectivity index (χ1n) is 8.36. The summed E-state index contributed by atoms with van der Waals surface area (Å²) < 4.78 is 26.6. The van der Waals surface area contributed by atoms with Crippen LogP contribution < -0.4 is 10.0 Å². The van der Waals surface area contributed by atoms with Gasteiger partial charge in [0.15, 0.2) is 0 Å². The van der Waals surface area contributed by atoms with E-state index in [1.165, 1.54) is 18.2 Å². The van der Waals surface area contributed by atoms with Gasteiger partial charge in [0.05, 0.1) is 11.4 Å². The largest absolute Gasteiger partial charge is 0.335 e. The Labute approximate surface area is 148 Å². The van der Waals surface area contributed by atoms with Crippen molar-refractivity contribution in [3.63, 3.8) is 0 Å². The van der Waals surface area contributed by atoms with Crippen LogP contribution in [-0.2, 0) is 21.2 Å². The van der Waals surface area contributed by atoms with Crippen LogP contribution in [0.2, 0.25) is 0 Å². The van der Waals surface area contributed by atoms with Crippen LogP contribution in [0, 0.1) is 5.92 Å². The summed E-state index contributed by atoms with van der Waals surface area (Å²) in [5.41, 5.74) is 0.846. The van der Waals surface area contributed by atoms with E-state index in [9.17, 15) is 18.0 Å². The Bertz CT molecular complexity index is 732. The van der Waals surface area contributed by atoms with Crippen molar-refractivity contribution in [2.75, 3.05) is 6.54 Å². The number of hydrogen-bond acceptors (Lipinski definition) is 5. The number of carbonyl (C=O) groups excluding carboxylic acids is 2. The van der Waals surface area contributed by atoms with Crippen molar-refractivity contribution in [3.05, 3.63) is 29.8 Å². The number of benzene rings is 1. The second kappa shape index (κ2) is 8.78. The van der Waals surface area contributed by atoms with E-state index < -0.39 is 16.1 Å². The normalized spacial score (nSPS) is 20.4. The van der Waals surface area contributed by atoms with Crippen molar-refractivity contribution in [3.8, 4) is 0 Å². The van der Waals surface area contributed by atoms with Crippen molar-refractivity contribution in [1.29, 1.82) is 0 Å². The molecule has 0 unspecified atom stereocenters. The van der Waals surface area contributed by atoms with Crippen LogP contribution in [-0.4, -0.2) is 33.1 Å². The van der Waals surface area contributed by atoms with Crippen LogP contribution >= 0.6 is 0 Å². The second-order valence-electron chi connectivity index (χ2n) is 6.40. The highest BCUT2D eigenvalue weighted by Crippen LogP contribution is 2.23. The number of aliphatic imine (C=N–C) groups is 1. The molecule has 1 fully saturated rings. The molecule has 0 bridgehead atoms. The fourth-order valence-electron chi connectivity index (χ4n) is 2.87. The molecule has 0 aliphatic heterocycles. The average Bonchev–Trinajstić information content (AvgIpc) is 2.57. The fourth-order valence-corrected chi connectivity index (χ4v) is 3.78. The molecule has 0 spiro atoms. The molecular weight excluding hydrogens is 342 g/mol. The highest BCUT2D eigenvalue weighted by atomic mass is 32.2. The van der Waals surface area contributed by atoms with E-state index in [1.54, 1.807) is 12.1 Å². The standard InChI is InChI=1S/C17H23N3O4S/c1-13-2-6-15(7-3-13)19-17(22)20-25(23,24)16-8-4-14(5-9-16)10-11-18-12-21/h4-5,8-9,13,15H,2-3,6-7,10-11H2,1H3,(H2,19,20,22). The smallest absolute Gasteiger partial charge is 0.328 e. The SMILES string of the molecule is CC1CCC(NC(=O)NS(=O)(=O)c2ccc(CCN=C=O)cc2)CC1. The summed E-state index contributed by atoms with van der Waals surface area (Å²) in [5.74, 6) is 0.653. The van der Waals surface area contributed by atoms with Gasteiger partial charge in [-0.05, 0) is 55.7 Å². The van der Waals surface area contributed by atoms with Gasteiger partial charge in [0.1, 0.15) is 0 Å². The van der Waals surface area contributed by atoms with Crippen LogP contribution in [0.5, 0.6) is 0 Å². The summed E-state index contributed by atoms with van der Waals surface area (Å²) in [6.45, 7) is 2.48. The monoisotopic (exact) mass is 365 g/mol. The number of nitrogens with one attached hydrogen (secondary N) is 2. The number of carbonyl (C=O) groups is 1. The number of nitrogens with zero attached hydrogens (tertiary/aromatic N) is 1. The molecule has 2 rings (SSSR count). The molecule has 1 aliphatic carbocycles. The van der Waals surface area contributed by atoms with Crippen LogP contribution in [0.4, 0.5) is 4.79 Å². The summed E-state index contributed by atoms with van der Waals surface area (Å²) in [4.78, 5) is 25.5. The molecule has 136 valence electrons. The van der Waals surface area contributed by atoms with Crippen LogP contribution in [0.1, 0.15) is 38.2 Å². The van der Waals surface area contributed by atoms with Gasteiger partial charge in [-0.3, -0.25) is 0 Å². The minimum absolute atomic E-state index is 0.0163. The lowest BCUT2D eigenvalue weighted by atomic mass is 9.87. The summed E-state index contributed by atoms with van der Waals surface area (Å²) >= 11 is 0. The van der Waals surface area contributed by atoms with Gasteiger partial charge in [0.25, 0.3) is 10.0 Å². The minimum Gasteiger partial charge on any atom is -0.335 e. The topological polar surface area (TPSA) is 105 Å². The Morgan fingerprint density at radius 2 is 1.84 bits per heavy atom. The van der Waals surface area contributed by atoms with Crippen molar-refractivity contribution < 1.29 is 18.0 Å². The molecule has 1 aromatic carbocycles. The molecule has 7 nitrogen and oxygen atoms in total. The number of urea groups is 1.